The van der Waals surface area contributed by atoms with Crippen molar-refractivity contribution in [2.24, 2.45) is 0 Å². The van der Waals surface area contributed by atoms with E-state index in [0.29, 0.717) is 18.7 Å². The van der Waals surface area contributed by atoms with Gasteiger partial charge in [-0.05, 0) is 43.7 Å². The Labute approximate surface area is 150 Å². The molecule has 0 atom stereocenters. The number of carbonyl (C=O) groups is 1. The summed E-state index contributed by atoms with van der Waals surface area (Å²) < 4.78 is 0. The summed E-state index contributed by atoms with van der Waals surface area (Å²) in [5, 5.41) is 9.23. The number of amides is 1. The van der Waals surface area contributed by atoms with Gasteiger partial charge in [0.15, 0.2) is 0 Å². The van der Waals surface area contributed by atoms with E-state index >= 15 is 0 Å². The summed E-state index contributed by atoms with van der Waals surface area (Å²) in [5.74, 6) is 0.159. The Bertz CT molecular complexity index is 742. The van der Waals surface area contributed by atoms with Crippen molar-refractivity contribution in [3.63, 3.8) is 0 Å². The molecule has 0 unspecified atom stereocenters. The first kappa shape index (κ1) is 18.7. The SMILES string of the molecule is CCN(CC)C(=O)CN(C)Cc1ccc(-c2ccccc2C#N)cc1. The maximum atomic E-state index is 12.2. The Morgan fingerprint density at radius 1 is 1.04 bits per heavy atom. The first-order chi connectivity index (χ1) is 12.1. The molecule has 25 heavy (non-hydrogen) atoms. The molecule has 1 amide bonds. The van der Waals surface area contributed by atoms with Gasteiger partial charge in [-0.1, -0.05) is 42.5 Å². The van der Waals surface area contributed by atoms with Crippen LogP contribution < -0.4 is 0 Å². The van der Waals surface area contributed by atoms with Gasteiger partial charge in [0, 0.05) is 19.6 Å². The van der Waals surface area contributed by atoms with E-state index in [9.17, 15) is 10.1 Å². The lowest BCUT2D eigenvalue weighted by Gasteiger charge is -2.23. The molecule has 0 bridgehead atoms. The molecule has 0 fully saturated rings. The minimum atomic E-state index is 0.159. The number of likely N-dealkylation sites (N-methyl/N-ethyl adjacent to an activating group) is 2. The van der Waals surface area contributed by atoms with Gasteiger partial charge in [0.05, 0.1) is 18.2 Å². The maximum absolute atomic E-state index is 12.2. The van der Waals surface area contributed by atoms with Crippen LogP contribution in [-0.4, -0.2) is 42.4 Å². The van der Waals surface area contributed by atoms with Crippen molar-refractivity contribution in [1.82, 2.24) is 9.80 Å². The molecule has 0 aliphatic heterocycles. The van der Waals surface area contributed by atoms with Gasteiger partial charge in [-0.2, -0.15) is 5.26 Å². The second-order valence-electron chi connectivity index (χ2n) is 6.09. The van der Waals surface area contributed by atoms with E-state index < -0.39 is 0 Å². The lowest BCUT2D eigenvalue weighted by molar-refractivity contribution is -0.131. The number of nitriles is 1. The van der Waals surface area contributed by atoms with Gasteiger partial charge in [-0.3, -0.25) is 9.69 Å². The molecule has 0 aromatic heterocycles. The summed E-state index contributed by atoms with van der Waals surface area (Å²) >= 11 is 0. The van der Waals surface area contributed by atoms with Crippen molar-refractivity contribution in [3.8, 4) is 17.2 Å². The van der Waals surface area contributed by atoms with Crippen LogP contribution >= 0.6 is 0 Å². The van der Waals surface area contributed by atoms with Gasteiger partial charge in [0.2, 0.25) is 5.91 Å². The lowest BCUT2D eigenvalue weighted by Crippen LogP contribution is -2.38. The standard InChI is InChI=1S/C21H25N3O/c1-4-24(5-2)21(25)16-23(3)15-17-10-12-18(13-11-17)20-9-7-6-8-19(20)14-22/h6-13H,4-5,15-16H2,1-3H3. The van der Waals surface area contributed by atoms with Crippen molar-refractivity contribution < 1.29 is 4.79 Å². The second kappa shape index (κ2) is 9.00. The molecular weight excluding hydrogens is 310 g/mol. The van der Waals surface area contributed by atoms with Crippen LogP contribution in [0, 0.1) is 11.3 Å². The van der Waals surface area contributed by atoms with Gasteiger partial charge in [0.1, 0.15) is 0 Å². The fraction of sp³-hybridized carbons (Fsp3) is 0.333. The van der Waals surface area contributed by atoms with Crippen molar-refractivity contribution in [2.75, 3.05) is 26.7 Å². The Balaban J connectivity index is 2.03. The Morgan fingerprint density at radius 2 is 1.68 bits per heavy atom. The third-order valence-electron chi connectivity index (χ3n) is 4.29. The van der Waals surface area contributed by atoms with Crippen molar-refractivity contribution >= 4 is 5.91 Å². The molecule has 0 radical (unpaired) electrons. The average Bonchev–Trinajstić information content (AvgIpc) is 2.63. The minimum absolute atomic E-state index is 0.159. The fourth-order valence-electron chi connectivity index (χ4n) is 2.90. The number of carbonyl (C=O) groups excluding carboxylic acids is 1. The predicted molar refractivity (Wildman–Crippen MR) is 101 cm³/mol. The topological polar surface area (TPSA) is 47.3 Å². The minimum Gasteiger partial charge on any atom is -0.342 e. The molecule has 2 aromatic carbocycles. The molecule has 0 N–H and O–H groups in total. The largest absolute Gasteiger partial charge is 0.342 e. The number of hydrogen-bond donors (Lipinski definition) is 0. The Kier molecular flexibility index (Phi) is 6.73. The van der Waals surface area contributed by atoms with Crippen molar-refractivity contribution in [2.45, 2.75) is 20.4 Å². The van der Waals surface area contributed by atoms with E-state index in [4.69, 9.17) is 0 Å². The van der Waals surface area contributed by atoms with Crippen LogP contribution in [0.2, 0.25) is 0 Å². The molecule has 0 saturated carbocycles. The van der Waals surface area contributed by atoms with Crippen LogP contribution in [-0.2, 0) is 11.3 Å². The molecule has 0 heterocycles. The van der Waals surface area contributed by atoms with Crippen molar-refractivity contribution in [1.29, 1.82) is 5.26 Å². The predicted octanol–water partition coefficient (Wildman–Crippen LogP) is 3.53. The molecule has 130 valence electrons. The molecule has 4 heteroatoms. The van der Waals surface area contributed by atoms with Gasteiger partial charge < -0.3 is 4.90 Å². The quantitative estimate of drug-likeness (QED) is 0.778. The maximum Gasteiger partial charge on any atom is 0.236 e. The third kappa shape index (κ3) is 4.91. The van der Waals surface area contributed by atoms with E-state index in [-0.39, 0.29) is 5.91 Å². The summed E-state index contributed by atoms with van der Waals surface area (Å²) in [4.78, 5) is 16.0. The zero-order valence-corrected chi connectivity index (χ0v) is 15.2. The summed E-state index contributed by atoms with van der Waals surface area (Å²) in [6.45, 7) is 6.62. The van der Waals surface area contributed by atoms with Crippen LogP contribution in [0.4, 0.5) is 0 Å². The lowest BCUT2D eigenvalue weighted by atomic mass is 9.99. The van der Waals surface area contributed by atoms with E-state index in [1.807, 2.05) is 67.1 Å². The molecule has 0 aliphatic rings. The Hall–Kier alpha value is -2.64. The summed E-state index contributed by atoms with van der Waals surface area (Å²) in [6, 6.07) is 18.0. The van der Waals surface area contributed by atoms with Crippen LogP contribution in [0.3, 0.4) is 0 Å². The highest BCUT2D eigenvalue weighted by atomic mass is 16.2. The highest BCUT2D eigenvalue weighted by molar-refractivity contribution is 5.78. The van der Waals surface area contributed by atoms with Gasteiger partial charge >= 0.3 is 0 Å². The van der Waals surface area contributed by atoms with Crippen molar-refractivity contribution in [3.05, 3.63) is 59.7 Å². The molecule has 2 rings (SSSR count). The van der Waals surface area contributed by atoms with Crippen LogP contribution in [0.25, 0.3) is 11.1 Å². The smallest absolute Gasteiger partial charge is 0.236 e. The molecule has 4 nitrogen and oxygen atoms in total. The first-order valence-corrected chi connectivity index (χ1v) is 8.63. The highest BCUT2D eigenvalue weighted by Gasteiger charge is 2.12. The fourth-order valence-corrected chi connectivity index (χ4v) is 2.90. The number of rotatable bonds is 7. The third-order valence-corrected chi connectivity index (χ3v) is 4.29. The van der Waals surface area contributed by atoms with Crippen LogP contribution in [0.5, 0.6) is 0 Å². The van der Waals surface area contributed by atoms with Gasteiger partial charge in [-0.25, -0.2) is 0 Å². The van der Waals surface area contributed by atoms with Gasteiger partial charge in [0.25, 0.3) is 0 Å². The first-order valence-electron chi connectivity index (χ1n) is 8.63. The number of benzene rings is 2. The summed E-state index contributed by atoms with van der Waals surface area (Å²) in [5.41, 5.74) is 3.80. The number of nitrogens with zero attached hydrogens (tertiary/aromatic N) is 3. The monoisotopic (exact) mass is 335 g/mol. The molecule has 0 saturated heterocycles. The second-order valence-corrected chi connectivity index (χ2v) is 6.09. The average molecular weight is 335 g/mol. The molecule has 0 aliphatic carbocycles. The molecule has 0 spiro atoms. The van der Waals surface area contributed by atoms with Crippen LogP contribution in [0.15, 0.2) is 48.5 Å². The molecule has 2 aromatic rings. The van der Waals surface area contributed by atoms with E-state index in [1.54, 1.807) is 0 Å². The zero-order valence-electron chi connectivity index (χ0n) is 15.2. The molecular formula is C21H25N3O. The van der Waals surface area contributed by atoms with E-state index in [2.05, 4.69) is 18.2 Å². The van der Waals surface area contributed by atoms with Gasteiger partial charge in [-0.15, -0.1) is 0 Å². The zero-order chi connectivity index (χ0) is 18.2. The normalized spacial score (nSPS) is 10.5. The van der Waals surface area contributed by atoms with E-state index in [0.717, 1.165) is 29.8 Å². The number of hydrogen-bond acceptors (Lipinski definition) is 3. The highest BCUT2D eigenvalue weighted by Crippen LogP contribution is 2.23. The summed E-state index contributed by atoms with van der Waals surface area (Å²) in [6.07, 6.45) is 0. The van der Waals surface area contributed by atoms with E-state index in [1.165, 1.54) is 0 Å². The van der Waals surface area contributed by atoms with Crippen LogP contribution in [0.1, 0.15) is 25.0 Å². The summed E-state index contributed by atoms with van der Waals surface area (Å²) in [7, 11) is 1.96. The Morgan fingerprint density at radius 3 is 2.28 bits per heavy atom.